The first kappa shape index (κ1) is 13.1. The molecule has 0 spiro atoms. The van der Waals surface area contributed by atoms with E-state index in [1.807, 2.05) is 13.0 Å². The summed E-state index contributed by atoms with van der Waals surface area (Å²) in [6, 6.07) is 4.95. The monoisotopic (exact) mass is 267 g/mol. The van der Waals surface area contributed by atoms with Crippen LogP contribution in [0.1, 0.15) is 17.0 Å². The summed E-state index contributed by atoms with van der Waals surface area (Å²) >= 11 is 6.10. The summed E-state index contributed by atoms with van der Waals surface area (Å²) in [5, 5.41) is 4.85. The van der Waals surface area contributed by atoms with E-state index in [0.717, 1.165) is 11.3 Å². The highest BCUT2D eigenvalue weighted by atomic mass is 35.5. The average molecular weight is 268 g/mol. The van der Waals surface area contributed by atoms with Gasteiger partial charge < -0.3 is 5.73 Å². The SMILES string of the molecule is Cc1nn(-c2c(F)cccc2CCN)c(C)c1Cl. The van der Waals surface area contributed by atoms with Crippen molar-refractivity contribution in [2.75, 3.05) is 6.54 Å². The quantitative estimate of drug-likeness (QED) is 0.929. The Morgan fingerprint density at radius 3 is 2.67 bits per heavy atom. The Bertz CT molecular complexity index is 578. The number of rotatable bonds is 3. The summed E-state index contributed by atoms with van der Waals surface area (Å²) < 4.78 is 15.6. The molecule has 0 atom stereocenters. The van der Waals surface area contributed by atoms with Gasteiger partial charge in [-0.05, 0) is 38.4 Å². The van der Waals surface area contributed by atoms with Crippen LogP contribution in [0.4, 0.5) is 4.39 Å². The maximum Gasteiger partial charge on any atom is 0.149 e. The Morgan fingerprint density at radius 1 is 1.39 bits per heavy atom. The Kier molecular flexibility index (Phi) is 3.68. The van der Waals surface area contributed by atoms with Gasteiger partial charge in [0.1, 0.15) is 11.5 Å². The van der Waals surface area contributed by atoms with Crippen LogP contribution in [-0.4, -0.2) is 16.3 Å². The molecule has 0 saturated carbocycles. The zero-order valence-electron chi connectivity index (χ0n) is 10.4. The third-order valence-electron chi connectivity index (χ3n) is 2.90. The van der Waals surface area contributed by atoms with Gasteiger partial charge >= 0.3 is 0 Å². The Balaban J connectivity index is 2.65. The molecular formula is C13H15ClFN3. The van der Waals surface area contributed by atoms with Crippen molar-refractivity contribution in [3.05, 3.63) is 46.0 Å². The summed E-state index contributed by atoms with van der Waals surface area (Å²) in [6.07, 6.45) is 0.600. The number of nitrogens with two attached hydrogens (primary N) is 1. The minimum Gasteiger partial charge on any atom is -0.330 e. The van der Waals surface area contributed by atoms with Crippen molar-refractivity contribution in [2.45, 2.75) is 20.3 Å². The van der Waals surface area contributed by atoms with Gasteiger partial charge in [-0.1, -0.05) is 23.7 Å². The van der Waals surface area contributed by atoms with Gasteiger partial charge in [-0.15, -0.1) is 0 Å². The molecule has 1 heterocycles. The van der Waals surface area contributed by atoms with Crippen LogP contribution in [-0.2, 0) is 6.42 Å². The molecule has 0 aliphatic rings. The number of aryl methyl sites for hydroxylation is 1. The zero-order chi connectivity index (χ0) is 13.3. The lowest BCUT2D eigenvalue weighted by molar-refractivity contribution is 0.604. The number of hydrogen-bond acceptors (Lipinski definition) is 2. The van der Waals surface area contributed by atoms with E-state index >= 15 is 0 Å². The summed E-state index contributed by atoms with van der Waals surface area (Å²) in [7, 11) is 0. The molecule has 1 aromatic carbocycles. The van der Waals surface area contributed by atoms with Crippen LogP contribution in [0, 0.1) is 19.7 Å². The van der Waals surface area contributed by atoms with Gasteiger partial charge in [-0.25, -0.2) is 9.07 Å². The fourth-order valence-electron chi connectivity index (χ4n) is 2.00. The molecule has 2 rings (SSSR count). The second-order valence-electron chi connectivity index (χ2n) is 4.18. The second kappa shape index (κ2) is 5.08. The predicted molar refractivity (Wildman–Crippen MR) is 70.8 cm³/mol. The predicted octanol–water partition coefficient (Wildman–Crippen LogP) is 2.78. The first-order valence-electron chi connectivity index (χ1n) is 5.75. The molecule has 0 fully saturated rings. The average Bonchev–Trinajstić information content (AvgIpc) is 2.58. The molecule has 18 heavy (non-hydrogen) atoms. The molecule has 0 aliphatic heterocycles. The summed E-state index contributed by atoms with van der Waals surface area (Å²) in [6.45, 7) is 4.08. The molecule has 5 heteroatoms. The van der Waals surface area contributed by atoms with Gasteiger partial charge in [0.15, 0.2) is 0 Å². The topological polar surface area (TPSA) is 43.8 Å². The number of benzene rings is 1. The van der Waals surface area contributed by atoms with Crippen molar-refractivity contribution in [2.24, 2.45) is 5.73 Å². The van der Waals surface area contributed by atoms with Crippen LogP contribution in [0.15, 0.2) is 18.2 Å². The number of nitrogens with zero attached hydrogens (tertiary/aromatic N) is 2. The number of aromatic nitrogens is 2. The van der Waals surface area contributed by atoms with Gasteiger partial charge in [0.05, 0.1) is 16.4 Å². The zero-order valence-corrected chi connectivity index (χ0v) is 11.1. The Labute approximate surface area is 110 Å². The fourth-order valence-corrected chi connectivity index (χ4v) is 2.11. The molecule has 96 valence electrons. The maximum absolute atomic E-state index is 14.0. The van der Waals surface area contributed by atoms with E-state index in [1.165, 1.54) is 6.07 Å². The number of halogens is 2. The van der Waals surface area contributed by atoms with E-state index in [-0.39, 0.29) is 5.82 Å². The first-order chi connectivity index (χ1) is 8.56. The minimum atomic E-state index is -0.316. The fraction of sp³-hybridized carbons (Fsp3) is 0.308. The van der Waals surface area contributed by atoms with Crippen LogP contribution >= 0.6 is 11.6 Å². The van der Waals surface area contributed by atoms with Crippen LogP contribution in [0.5, 0.6) is 0 Å². The molecule has 0 aliphatic carbocycles. The summed E-state index contributed by atoms with van der Waals surface area (Å²) in [4.78, 5) is 0. The second-order valence-corrected chi connectivity index (χ2v) is 4.56. The molecule has 0 saturated heterocycles. The molecule has 3 nitrogen and oxygen atoms in total. The molecule has 0 unspecified atom stereocenters. The highest BCUT2D eigenvalue weighted by molar-refractivity contribution is 6.31. The van der Waals surface area contributed by atoms with Crippen LogP contribution in [0.25, 0.3) is 5.69 Å². The molecule has 2 aromatic rings. The number of para-hydroxylation sites is 1. The van der Waals surface area contributed by atoms with Crippen molar-refractivity contribution in [3.63, 3.8) is 0 Å². The summed E-state index contributed by atoms with van der Waals surface area (Å²) in [5.41, 5.74) is 8.25. The molecule has 0 radical (unpaired) electrons. The molecule has 1 aromatic heterocycles. The highest BCUT2D eigenvalue weighted by Crippen LogP contribution is 2.26. The van der Waals surface area contributed by atoms with Gasteiger partial charge in [0.25, 0.3) is 0 Å². The Hall–Kier alpha value is -1.39. The largest absolute Gasteiger partial charge is 0.330 e. The van der Waals surface area contributed by atoms with Crippen LogP contribution < -0.4 is 5.73 Å². The lowest BCUT2D eigenvalue weighted by Gasteiger charge is -2.11. The standard InChI is InChI=1S/C13H15ClFN3/c1-8-12(14)9(2)18(17-8)13-10(6-7-16)4-3-5-11(13)15/h3-5H,6-7,16H2,1-2H3. The van der Waals surface area contributed by atoms with Crippen molar-refractivity contribution >= 4 is 11.6 Å². The van der Waals surface area contributed by atoms with E-state index in [1.54, 1.807) is 17.7 Å². The van der Waals surface area contributed by atoms with Gasteiger partial charge in [-0.2, -0.15) is 5.10 Å². The number of hydrogen-bond donors (Lipinski definition) is 1. The van der Waals surface area contributed by atoms with E-state index in [4.69, 9.17) is 17.3 Å². The highest BCUT2D eigenvalue weighted by Gasteiger charge is 2.16. The van der Waals surface area contributed by atoms with Crippen molar-refractivity contribution in [3.8, 4) is 5.69 Å². The van der Waals surface area contributed by atoms with E-state index in [9.17, 15) is 4.39 Å². The first-order valence-corrected chi connectivity index (χ1v) is 6.13. The van der Waals surface area contributed by atoms with Crippen molar-refractivity contribution < 1.29 is 4.39 Å². The van der Waals surface area contributed by atoms with Crippen molar-refractivity contribution in [1.29, 1.82) is 0 Å². The molecule has 2 N–H and O–H groups in total. The van der Waals surface area contributed by atoms with Gasteiger partial charge in [0.2, 0.25) is 0 Å². The molecule has 0 bridgehead atoms. The lowest BCUT2D eigenvalue weighted by atomic mass is 10.1. The smallest absolute Gasteiger partial charge is 0.149 e. The minimum absolute atomic E-state index is 0.316. The summed E-state index contributed by atoms with van der Waals surface area (Å²) in [5.74, 6) is -0.316. The van der Waals surface area contributed by atoms with E-state index < -0.39 is 0 Å². The molecular weight excluding hydrogens is 253 g/mol. The van der Waals surface area contributed by atoms with Gasteiger partial charge in [0, 0.05) is 0 Å². The maximum atomic E-state index is 14.0. The van der Waals surface area contributed by atoms with Gasteiger partial charge in [-0.3, -0.25) is 0 Å². The third-order valence-corrected chi connectivity index (χ3v) is 3.45. The normalized spacial score (nSPS) is 10.9. The van der Waals surface area contributed by atoms with Crippen LogP contribution in [0.2, 0.25) is 5.02 Å². The van der Waals surface area contributed by atoms with Crippen molar-refractivity contribution in [1.82, 2.24) is 9.78 Å². The van der Waals surface area contributed by atoms with Crippen LogP contribution in [0.3, 0.4) is 0 Å². The van der Waals surface area contributed by atoms with E-state index in [0.29, 0.717) is 29.4 Å². The van der Waals surface area contributed by atoms with E-state index in [2.05, 4.69) is 5.10 Å². The molecule has 0 amide bonds. The lowest BCUT2D eigenvalue weighted by Crippen LogP contribution is -2.10. The Morgan fingerprint density at radius 2 is 2.11 bits per heavy atom. The third kappa shape index (κ3) is 2.13.